The van der Waals surface area contributed by atoms with E-state index in [1.165, 1.54) is 5.48 Å². The van der Waals surface area contributed by atoms with Gasteiger partial charge in [0.15, 0.2) is 17.1 Å². The number of hydrogen-bond donors (Lipinski definition) is 3. The predicted octanol–water partition coefficient (Wildman–Crippen LogP) is 3.00. The SMILES string of the molecule is COc1ccc(C(=O)Nc2ccc3nc(C(=O)NO)oc3c2)cc1OCC1CC1. The molecule has 9 heteroatoms. The molecule has 2 amide bonds. The van der Waals surface area contributed by atoms with E-state index in [-0.39, 0.29) is 11.8 Å². The van der Waals surface area contributed by atoms with Crippen LogP contribution in [0.15, 0.2) is 40.8 Å². The maximum Gasteiger partial charge on any atom is 0.330 e. The Bertz CT molecular complexity index is 1070. The Kier molecular flexibility index (Phi) is 5.05. The fraction of sp³-hybridized carbons (Fsp3) is 0.250. The molecule has 0 spiro atoms. The van der Waals surface area contributed by atoms with Gasteiger partial charge in [0, 0.05) is 17.3 Å². The molecule has 0 radical (unpaired) electrons. The van der Waals surface area contributed by atoms with Crippen molar-refractivity contribution in [3.8, 4) is 11.5 Å². The topological polar surface area (TPSA) is 123 Å². The van der Waals surface area contributed by atoms with E-state index in [9.17, 15) is 9.59 Å². The van der Waals surface area contributed by atoms with Crippen molar-refractivity contribution in [2.75, 3.05) is 19.0 Å². The lowest BCUT2D eigenvalue weighted by atomic mass is 10.1. The van der Waals surface area contributed by atoms with Crippen molar-refractivity contribution >= 4 is 28.6 Å². The minimum atomic E-state index is -0.858. The van der Waals surface area contributed by atoms with Crippen molar-refractivity contribution in [3.05, 3.63) is 47.9 Å². The first-order valence-corrected chi connectivity index (χ1v) is 9.04. The summed E-state index contributed by atoms with van der Waals surface area (Å²) in [6.45, 7) is 0.605. The number of nitrogens with one attached hydrogen (secondary N) is 2. The number of oxazole rings is 1. The number of benzene rings is 2. The van der Waals surface area contributed by atoms with Crippen LogP contribution >= 0.6 is 0 Å². The zero-order chi connectivity index (χ0) is 20.4. The summed E-state index contributed by atoms with van der Waals surface area (Å²) in [6, 6.07) is 9.76. The molecule has 1 saturated carbocycles. The lowest BCUT2D eigenvalue weighted by Crippen LogP contribution is -2.18. The fourth-order valence-corrected chi connectivity index (χ4v) is 2.77. The molecule has 1 fully saturated rings. The molecule has 2 aromatic carbocycles. The largest absolute Gasteiger partial charge is 0.493 e. The van der Waals surface area contributed by atoms with Gasteiger partial charge in [0.05, 0.1) is 13.7 Å². The number of rotatable bonds is 7. The van der Waals surface area contributed by atoms with Crippen LogP contribution in [0.25, 0.3) is 11.1 Å². The molecule has 0 atom stereocenters. The van der Waals surface area contributed by atoms with E-state index >= 15 is 0 Å². The van der Waals surface area contributed by atoms with Gasteiger partial charge in [-0.25, -0.2) is 10.5 Å². The van der Waals surface area contributed by atoms with E-state index < -0.39 is 5.91 Å². The first kappa shape index (κ1) is 18.8. The zero-order valence-electron chi connectivity index (χ0n) is 15.6. The Labute approximate surface area is 165 Å². The molecule has 1 aliphatic carbocycles. The van der Waals surface area contributed by atoms with Crippen molar-refractivity contribution in [2.45, 2.75) is 12.8 Å². The summed E-state index contributed by atoms with van der Waals surface area (Å²) in [7, 11) is 1.55. The second kappa shape index (κ2) is 7.80. The van der Waals surface area contributed by atoms with Gasteiger partial charge in [-0.1, -0.05) is 0 Å². The van der Waals surface area contributed by atoms with E-state index in [2.05, 4.69) is 10.3 Å². The molecule has 0 saturated heterocycles. The number of amides is 2. The molecule has 0 unspecified atom stereocenters. The minimum Gasteiger partial charge on any atom is -0.493 e. The number of aromatic nitrogens is 1. The van der Waals surface area contributed by atoms with Crippen LogP contribution in [-0.2, 0) is 0 Å². The third-order valence-corrected chi connectivity index (χ3v) is 4.54. The van der Waals surface area contributed by atoms with Crippen molar-refractivity contribution in [1.82, 2.24) is 10.5 Å². The van der Waals surface area contributed by atoms with E-state index in [4.69, 9.17) is 19.1 Å². The highest BCUT2D eigenvalue weighted by molar-refractivity contribution is 6.05. The van der Waals surface area contributed by atoms with Gasteiger partial charge in [0.1, 0.15) is 5.52 Å². The number of ether oxygens (including phenoxy) is 2. The quantitative estimate of drug-likeness (QED) is 0.414. The summed E-state index contributed by atoms with van der Waals surface area (Å²) < 4.78 is 16.4. The standard InChI is InChI=1S/C20H19N3O6/c1-27-15-7-4-12(8-17(15)28-10-11-2-3-11)18(24)21-13-5-6-14-16(9-13)29-20(22-14)19(25)23-26/h4-9,11,26H,2-3,10H2,1H3,(H,21,24)(H,23,25). The van der Waals surface area contributed by atoms with Gasteiger partial charge < -0.3 is 19.2 Å². The highest BCUT2D eigenvalue weighted by atomic mass is 16.5. The number of carbonyl (C=O) groups excluding carboxylic acids is 2. The Balaban J connectivity index is 1.52. The van der Waals surface area contributed by atoms with E-state index in [0.29, 0.717) is 46.4 Å². The van der Waals surface area contributed by atoms with Gasteiger partial charge in [-0.2, -0.15) is 0 Å². The Morgan fingerprint density at radius 1 is 1.17 bits per heavy atom. The molecule has 29 heavy (non-hydrogen) atoms. The van der Waals surface area contributed by atoms with Crippen LogP contribution in [0.3, 0.4) is 0 Å². The molecule has 1 aliphatic rings. The number of methoxy groups -OCH3 is 1. The van der Waals surface area contributed by atoms with Crippen LogP contribution in [0.5, 0.6) is 11.5 Å². The second-order valence-corrected chi connectivity index (χ2v) is 6.72. The number of hydroxylamine groups is 1. The molecular weight excluding hydrogens is 378 g/mol. The van der Waals surface area contributed by atoms with Crippen LogP contribution in [0, 0.1) is 5.92 Å². The molecule has 9 nitrogen and oxygen atoms in total. The van der Waals surface area contributed by atoms with Gasteiger partial charge in [-0.15, -0.1) is 0 Å². The molecule has 4 rings (SSSR count). The summed E-state index contributed by atoms with van der Waals surface area (Å²) in [5.74, 6) is 0.194. The predicted molar refractivity (Wildman–Crippen MR) is 102 cm³/mol. The number of fused-ring (bicyclic) bond motifs is 1. The molecule has 0 bridgehead atoms. The number of hydrogen-bond acceptors (Lipinski definition) is 7. The van der Waals surface area contributed by atoms with Crippen molar-refractivity contribution in [1.29, 1.82) is 0 Å². The third kappa shape index (κ3) is 4.14. The van der Waals surface area contributed by atoms with E-state index in [1.54, 1.807) is 43.5 Å². The lowest BCUT2D eigenvalue weighted by molar-refractivity contribution is 0.0671. The third-order valence-electron chi connectivity index (χ3n) is 4.54. The molecule has 1 heterocycles. The Hall–Kier alpha value is -3.59. The van der Waals surface area contributed by atoms with Gasteiger partial charge >= 0.3 is 5.91 Å². The van der Waals surface area contributed by atoms with Gasteiger partial charge in [-0.3, -0.25) is 14.8 Å². The maximum atomic E-state index is 12.7. The van der Waals surface area contributed by atoms with Crippen molar-refractivity contribution in [2.24, 2.45) is 5.92 Å². The molecule has 150 valence electrons. The van der Waals surface area contributed by atoms with E-state index in [0.717, 1.165) is 12.8 Å². The maximum absolute atomic E-state index is 12.7. The fourth-order valence-electron chi connectivity index (χ4n) is 2.77. The first-order chi connectivity index (χ1) is 14.1. The monoisotopic (exact) mass is 397 g/mol. The summed E-state index contributed by atoms with van der Waals surface area (Å²) in [5.41, 5.74) is 3.05. The Morgan fingerprint density at radius 2 is 2.00 bits per heavy atom. The van der Waals surface area contributed by atoms with Gasteiger partial charge in [-0.05, 0) is 49.1 Å². The van der Waals surface area contributed by atoms with Crippen LogP contribution in [0.2, 0.25) is 0 Å². The zero-order valence-corrected chi connectivity index (χ0v) is 15.6. The molecule has 0 aliphatic heterocycles. The number of nitrogens with zero attached hydrogens (tertiary/aromatic N) is 1. The molecule has 1 aromatic heterocycles. The second-order valence-electron chi connectivity index (χ2n) is 6.72. The molecule has 3 N–H and O–H groups in total. The van der Waals surface area contributed by atoms with Crippen molar-refractivity contribution in [3.63, 3.8) is 0 Å². The van der Waals surface area contributed by atoms with E-state index in [1.807, 2.05) is 0 Å². The summed E-state index contributed by atoms with van der Waals surface area (Å²) in [5, 5.41) is 11.4. The van der Waals surface area contributed by atoms with Gasteiger partial charge in [0.25, 0.3) is 11.8 Å². The summed E-state index contributed by atoms with van der Waals surface area (Å²) >= 11 is 0. The smallest absolute Gasteiger partial charge is 0.330 e. The normalized spacial score (nSPS) is 13.2. The number of anilines is 1. The lowest BCUT2D eigenvalue weighted by Gasteiger charge is -2.12. The highest BCUT2D eigenvalue weighted by Crippen LogP contribution is 2.33. The average Bonchev–Trinajstić information content (AvgIpc) is 3.48. The van der Waals surface area contributed by atoms with Crippen LogP contribution in [0.1, 0.15) is 33.9 Å². The summed E-state index contributed by atoms with van der Waals surface area (Å²) in [6.07, 6.45) is 2.32. The van der Waals surface area contributed by atoms with Crippen molar-refractivity contribution < 1.29 is 28.7 Å². The highest BCUT2D eigenvalue weighted by Gasteiger charge is 2.23. The first-order valence-electron chi connectivity index (χ1n) is 9.04. The average molecular weight is 397 g/mol. The molecule has 3 aromatic rings. The summed E-state index contributed by atoms with van der Waals surface area (Å²) in [4.78, 5) is 28.0. The van der Waals surface area contributed by atoms with Crippen LogP contribution in [-0.4, -0.2) is 35.7 Å². The van der Waals surface area contributed by atoms with Gasteiger partial charge in [0.2, 0.25) is 0 Å². The van der Waals surface area contributed by atoms with Crippen LogP contribution < -0.4 is 20.3 Å². The van der Waals surface area contributed by atoms with Crippen LogP contribution in [0.4, 0.5) is 5.69 Å². The Morgan fingerprint density at radius 3 is 2.72 bits per heavy atom. The minimum absolute atomic E-state index is 0.279. The number of carbonyl (C=O) groups is 2. The molecular formula is C20H19N3O6.